The highest BCUT2D eigenvalue weighted by molar-refractivity contribution is 7.09. The summed E-state index contributed by atoms with van der Waals surface area (Å²) in [6.45, 7) is 10.2. The number of nitrogens with zero attached hydrogens (tertiary/aromatic N) is 3. The molecule has 18 heavy (non-hydrogen) atoms. The first-order valence-corrected chi connectivity index (χ1v) is 7.20. The summed E-state index contributed by atoms with van der Waals surface area (Å²) in [5, 5.41) is 15.8. The Morgan fingerprint density at radius 1 is 1.44 bits per heavy atom. The maximum Gasteiger partial charge on any atom is 0.141 e. The third kappa shape index (κ3) is 2.89. The van der Waals surface area contributed by atoms with Gasteiger partial charge in [-0.25, -0.2) is 4.98 Å². The minimum Gasteiger partial charge on any atom is -0.314 e. The van der Waals surface area contributed by atoms with Crippen LogP contribution in [0.1, 0.15) is 37.5 Å². The zero-order valence-electron chi connectivity index (χ0n) is 11.2. The average Bonchev–Trinajstić information content (AvgIpc) is 2.81. The molecule has 5 heteroatoms. The molecule has 0 radical (unpaired) electrons. The molecule has 1 aromatic heterocycles. The second kappa shape index (κ2) is 5.35. The summed E-state index contributed by atoms with van der Waals surface area (Å²) in [6, 6.07) is 2.20. The van der Waals surface area contributed by atoms with Crippen LogP contribution in [0.2, 0.25) is 0 Å². The van der Waals surface area contributed by atoms with E-state index in [1.54, 1.807) is 11.3 Å². The van der Waals surface area contributed by atoms with Crippen molar-refractivity contribution in [1.82, 2.24) is 15.2 Å². The molecule has 1 atom stereocenters. The fourth-order valence-electron chi connectivity index (χ4n) is 2.03. The molecule has 4 nitrogen and oxygen atoms in total. The first-order chi connectivity index (χ1) is 8.52. The number of nitrogens with one attached hydrogen (secondary N) is 1. The van der Waals surface area contributed by atoms with E-state index in [2.05, 4.69) is 42.0 Å². The van der Waals surface area contributed by atoms with Crippen molar-refractivity contribution in [3.05, 3.63) is 16.1 Å². The summed E-state index contributed by atoms with van der Waals surface area (Å²) < 4.78 is 0. The van der Waals surface area contributed by atoms with Gasteiger partial charge in [0.1, 0.15) is 6.04 Å². The van der Waals surface area contributed by atoms with Crippen LogP contribution in [0.15, 0.2) is 5.38 Å². The van der Waals surface area contributed by atoms with Crippen molar-refractivity contribution in [2.45, 2.75) is 32.2 Å². The molecule has 1 aromatic rings. The molecular weight excluding hydrogens is 244 g/mol. The van der Waals surface area contributed by atoms with Crippen molar-refractivity contribution in [2.75, 3.05) is 26.2 Å². The molecule has 0 aromatic carbocycles. The van der Waals surface area contributed by atoms with Crippen LogP contribution in [0.25, 0.3) is 0 Å². The number of hydrogen-bond acceptors (Lipinski definition) is 5. The van der Waals surface area contributed by atoms with Gasteiger partial charge in [0, 0.05) is 37.0 Å². The summed E-state index contributed by atoms with van der Waals surface area (Å²) in [6.07, 6.45) is 0. The van der Waals surface area contributed by atoms with Gasteiger partial charge in [0.25, 0.3) is 0 Å². The molecule has 2 heterocycles. The van der Waals surface area contributed by atoms with Gasteiger partial charge in [-0.2, -0.15) is 5.26 Å². The summed E-state index contributed by atoms with van der Waals surface area (Å²) in [5.41, 5.74) is 0.973. The number of rotatable bonds is 2. The van der Waals surface area contributed by atoms with E-state index in [4.69, 9.17) is 0 Å². The zero-order valence-corrected chi connectivity index (χ0v) is 12.0. The van der Waals surface area contributed by atoms with Crippen LogP contribution in [0, 0.1) is 11.3 Å². The molecule has 98 valence electrons. The Kier molecular flexibility index (Phi) is 4.00. The lowest BCUT2D eigenvalue weighted by Crippen LogP contribution is -2.44. The van der Waals surface area contributed by atoms with E-state index < -0.39 is 0 Å². The lowest BCUT2D eigenvalue weighted by atomic mass is 9.98. The van der Waals surface area contributed by atoms with Crippen LogP contribution in [0.5, 0.6) is 0 Å². The maximum absolute atomic E-state index is 9.40. The topological polar surface area (TPSA) is 52.0 Å². The molecule has 2 rings (SSSR count). The lowest BCUT2D eigenvalue weighted by molar-refractivity contribution is 0.205. The van der Waals surface area contributed by atoms with Crippen molar-refractivity contribution >= 4 is 11.3 Å². The van der Waals surface area contributed by atoms with Crippen LogP contribution >= 0.6 is 11.3 Å². The van der Waals surface area contributed by atoms with Gasteiger partial charge >= 0.3 is 0 Å². The molecule has 1 aliphatic rings. The fourth-order valence-corrected chi connectivity index (χ4v) is 2.96. The van der Waals surface area contributed by atoms with E-state index in [1.165, 1.54) is 0 Å². The molecule has 0 saturated carbocycles. The van der Waals surface area contributed by atoms with Crippen LogP contribution in [-0.4, -0.2) is 36.1 Å². The van der Waals surface area contributed by atoms with E-state index >= 15 is 0 Å². The van der Waals surface area contributed by atoms with Crippen molar-refractivity contribution in [3.8, 4) is 6.07 Å². The molecular formula is C13H20N4S. The largest absolute Gasteiger partial charge is 0.314 e. The van der Waals surface area contributed by atoms with Crippen molar-refractivity contribution in [3.63, 3.8) is 0 Å². The van der Waals surface area contributed by atoms with Gasteiger partial charge in [-0.05, 0) is 0 Å². The van der Waals surface area contributed by atoms with E-state index in [-0.39, 0.29) is 11.5 Å². The number of thiazole rings is 1. The highest BCUT2D eigenvalue weighted by atomic mass is 32.1. The quantitative estimate of drug-likeness (QED) is 0.886. The lowest BCUT2D eigenvalue weighted by Gasteiger charge is -2.30. The zero-order chi connectivity index (χ0) is 13.2. The molecule has 1 unspecified atom stereocenters. The molecule has 0 bridgehead atoms. The second-order valence-electron chi connectivity index (χ2n) is 5.65. The van der Waals surface area contributed by atoms with Gasteiger partial charge in [-0.15, -0.1) is 11.3 Å². The fraction of sp³-hybridized carbons (Fsp3) is 0.692. The van der Waals surface area contributed by atoms with Crippen LogP contribution in [0.4, 0.5) is 0 Å². The third-order valence-corrected chi connectivity index (χ3v) is 4.37. The minimum absolute atomic E-state index is 0.0619. The highest BCUT2D eigenvalue weighted by Gasteiger charge is 2.26. The Bertz CT molecular complexity index is 435. The Morgan fingerprint density at radius 2 is 2.11 bits per heavy atom. The predicted octanol–water partition coefficient (Wildman–Crippen LogP) is 1.91. The van der Waals surface area contributed by atoms with Crippen LogP contribution in [0.3, 0.4) is 0 Å². The Hall–Kier alpha value is -0.960. The third-order valence-electron chi connectivity index (χ3n) is 3.08. The molecule has 0 spiro atoms. The minimum atomic E-state index is -0.195. The van der Waals surface area contributed by atoms with Gasteiger partial charge in [-0.3, -0.25) is 4.90 Å². The van der Waals surface area contributed by atoms with Crippen LogP contribution < -0.4 is 5.32 Å². The summed E-state index contributed by atoms with van der Waals surface area (Å²) in [5.74, 6) is 0. The number of aromatic nitrogens is 1. The van der Waals surface area contributed by atoms with Gasteiger partial charge in [0.05, 0.1) is 16.8 Å². The van der Waals surface area contributed by atoms with Gasteiger partial charge < -0.3 is 5.32 Å². The Morgan fingerprint density at radius 3 is 2.61 bits per heavy atom. The first-order valence-electron chi connectivity index (χ1n) is 6.32. The standard InChI is InChI=1S/C13H20N4S/c1-13(2,3)12-16-10(9-18-12)11(8-14)17-6-4-15-5-7-17/h9,11,15H,4-7H2,1-3H3. The van der Waals surface area contributed by atoms with Gasteiger partial charge in [0.15, 0.2) is 0 Å². The van der Waals surface area contributed by atoms with Crippen molar-refractivity contribution < 1.29 is 0 Å². The molecule has 0 amide bonds. The SMILES string of the molecule is CC(C)(C)c1nc(C(C#N)N2CCNCC2)cs1. The van der Waals surface area contributed by atoms with Crippen molar-refractivity contribution in [1.29, 1.82) is 5.26 Å². The first kappa shape index (κ1) is 13.5. The highest BCUT2D eigenvalue weighted by Crippen LogP contribution is 2.29. The Labute approximate surface area is 113 Å². The van der Waals surface area contributed by atoms with E-state index in [1.807, 2.05) is 5.38 Å². The monoisotopic (exact) mass is 264 g/mol. The summed E-state index contributed by atoms with van der Waals surface area (Å²) in [7, 11) is 0. The molecule has 0 aliphatic carbocycles. The number of piperazine rings is 1. The molecule has 1 N–H and O–H groups in total. The molecule has 1 aliphatic heterocycles. The molecule has 1 saturated heterocycles. The van der Waals surface area contributed by atoms with Gasteiger partial charge in [-0.1, -0.05) is 20.8 Å². The van der Waals surface area contributed by atoms with Gasteiger partial charge in [0.2, 0.25) is 0 Å². The predicted molar refractivity (Wildman–Crippen MR) is 73.6 cm³/mol. The average molecular weight is 264 g/mol. The Balaban J connectivity index is 2.18. The summed E-state index contributed by atoms with van der Waals surface area (Å²) in [4.78, 5) is 6.87. The number of nitriles is 1. The smallest absolute Gasteiger partial charge is 0.141 e. The molecule has 1 fully saturated rings. The van der Waals surface area contributed by atoms with E-state index in [9.17, 15) is 5.26 Å². The van der Waals surface area contributed by atoms with E-state index in [0.717, 1.165) is 36.9 Å². The normalized spacial score (nSPS) is 19.4. The second-order valence-corrected chi connectivity index (χ2v) is 6.50. The van der Waals surface area contributed by atoms with E-state index in [0.29, 0.717) is 0 Å². The van der Waals surface area contributed by atoms with Crippen molar-refractivity contribution in [2.24, 2.45) is 0 Å². The summed E-state index contributed by atoms with van der Waals surface area (Å²) >= 11 is 1.66. The number of hydrogen-bond donors (Lipinski definition) is 1. The maximum atomic E-state index is 9.40. The van der Waals surface area contributed by atoms with Crippen LogP contribution in [-0.2, 0) is 5.41 Å².